The lowest BCUT2D eigenvalue weighted by Crippen LogP contribution is -2.64. The molecule has 1 amide bonds. The van der Waals surface area contributed by atoms with Crippen molar-refractivity contribution in [3.05, 3.63) is 23.3 Å². The van der Waals surface area contributed by atoms with E-state index in [2.05, 4.69) is 0 Å². The molecule has 1 saturated carbocycles. The number of hydrogen-bond acceptors (Lipinski definition) is 13. The van der Waals surface area contributed by atoms with Crippen LogP contribution in [0.2, 0.25) is 0 Å². The molecule has 14 heteroatoms. The Labute approximate surface area is 344 Å². The van der Waals surface area contributed by atoms with Gasteiger partial charge in [0.1, 0.15) is 29.8 Å². The number of carbonyl (C=O) groups excluding carboxylic acids is 5. The first kappa shape index (κ1) is 47.8. The van der Waals surface area contributed by atoms with Crippen LogP contribution in [0.3, 0.4) is 0 Å². The minimum atomic E-state index is -2.54. The van der Waals surface area contributed by atoms with E-state index in [0.29, 0.717) is 50.5 Å². The molecule has 58 heavy (non-hydrogen) atoms. The van der Waals surface area contributed by atoms with Crippen LogP contribution in [0.1, 0.15) is 112 Å². The highest BCUT2D eigenvalue weighted by Crippen LogP contribution is 2.39. The van der Waals surface area contributed by atoms with Crippen LogP contribution in [0.4, 0.5) is 0 Å². The number of methoxy groups -OCH3 is 3. The summed E-state index contributed by atoms with van der Waals surface area (Å²) in [5, 5.41) is 34.2. The van der Waals surface area contributed by atoms with E-state index >= 15 is 0 Å². The van der Waals surface area contributed by atoms with Crippen molar-refractivity contribution < 1.29 is 63.0 Å². The average Bonchev–Trinajstić information content (AvgIpc) is 3.18. The quantitative estimate of drug-likeness (QED) is 0.189. The van der Waals surface area contributed by atoms with Gasteiger partial charge in [0.05, 0.1) is 30.5 Å². The van der Waals surface area contributed by atoms with Crippen LogP contribution in [0, 0.1) is 29.6 Å². The molecule has 14 unspecified atom stereocenters. The Balaban J connectivity index is 1.79. The largest absolute Gasteiger partial charge is 0.456 e. The number of hydrogen-bond donors (Lipinski definition) is 3. The second kappa shape index (κ2) is 21.1. The molecule has 3 aliphatic heterocycles. The molecule has 14 nitrogen and oxygen atoms in total. The van der Waals surface area contributed by atoms with Gasteiger partial charge in [-0.1, -0.05) is 38.5 Å². The number of nitrogens with zero attached hydrogens (tertiary/aromatic N) is 1. The number of aliphatic hydroxyl groups excluding tert-OH is 2. The van der Waals surface area contributed by atoms with E-state index < -0.39 is 83.9 Å². The number of esters is 1. The fraction of sp³-hybridized carbons (Fsp3) is 0.795. The fourth-order valence-corrected chi connectivity index (χ4v) is 9.53. The van der Waals surface area contributed by atoms with E-state index in [0.717, 1.165) is 10.5 Å². The predicted octanol–water partition coefficient (Wildman–Crippen LogP) is 4.04. The van der Waals surface area contributed by atoms with Gasteiger partial charge in [0.15, 0.2) is 0 Å². The summed E-state index contributed by atoms with van der Waals surface area (Å²) in [6, 6.07) is -1.17. The molecule has 4 rings (SSSR count). The maximum atomic E-state index is 14.3. The number of aliphatic hydroxyl groups is 3. The van der Waals surface area contributed by atoms with E-state index in [1.54, 1.807) is 34.0 Å². The van der Waals surface area contributed by atoms with E-state index in [9.17, 15) is 39.3 Å². The van der Waals surface area contributed by atoms with Gasteiger partial charge >= 0.3 is 5.97 Å². The van der Waals surface area contributed by atoms with Gasteiger partial charge in [0.2, 0.25) is 5.79 Å². The van der Waals surface area contributed by atoms with Gasteiger partial charge in [-0.05, 0) is 96.0 Å². The summed E-state index contributed by atoms with van der Waals surface area (Å²) in [6.07, 6.45) is 1.97. The van der Waals surface area contributed by atoms with Crippen LogP contribution in [0.5, 0.6) is 0 Å². The zero-order valence-electron chi connectivity index (χ0n) is 36.0. The molecular formula is C44H69NO13. The first-order chi connectivity index (χ1) is 27.3. The van der Waals surface area contributed by atoms with Crippen molar-refractivity contribution in [2.45, 2.75) is 167 Å². The molecule has 0 aromatic rings. The third-order valence-electron chi connectivity index (χ3n) is 13.0. The molecule has 14 atom stereocenters. The molecule has 2 bridgehead atoms. The molecule has 3 fully saturated rings. The molecule has 0 aromatic carbocycles. The SMILES string of the molecule is COC1CC(/C=C(\C)C2OC(=O)C3CCCCN3C(=O)C(=O)C3(O)OC(C(OC)CC(C)C/C(C)=C\C(CC(C)=O)C(=O)CC(O)C2C)C(OC)CC3C)CCC1O. The van der Waals surface area contributed by atoms with E-state index in [1.807, 2.05) is 19.9 Å². The summed E-state index contributed by atoms with van der Waals surface area (Å²) >= 11 is 0. The number of piperidine rings is 1. The fourth-order valence-electron chi connectivity index (χ4n) is 9.53. The van der Waals surface area contributed by atoms with Gasteiger partial charge in [0, 0.05) is 58.5 Å². The summed E-state index contributed by atoms with van der Waals surface area (Å²) < 4.78 is 29.7. The molecule has 0 aromatic heterocycles. The minimum absolute atomic E-state index is 0.0403. The Morgan fingerprint density at radius 1 is 0.897 bits per heavy atom. The van der Waals surface area contributed by atoms with Gasteiger partial charge in [-0.3, -0.25) is 19.2 Å². The summed E-state index contributed by atoms with van der Waals surface area (Å²) in [4.78, 5) is 70.3. The monoisotopic (exact) mass is 819 g/mol. The maximum absolute atomic E-state index is 14.3. The standard InChI is InChI=1S/C44H69NO13/c1-24-16-25(2)18-37(55-8)40-38(56-9)20-27(4)44(53,58-40)41(50)42(51)45-15-11-10-12-32(45)43(52)57-39(26(3)19-30-13-14-33(47)36(22-30)54-7)29(6)34(48)23-35(49)31(17-24)21-28(5)46/h17,19,25,27,29-34,36-40,47-48,53H,10-16,18,20-23H2,1-9H3/b24-17-,26-19+. The van der Waals surface area contributed by atoms with Crippen LogP contribution in [-0.2, 0) is 47.7 Å². The first-order valence-electron chi connectivity index (χ1n) is 21.1. The normalized spacial score (nSPS) is 40.5. The molecule has 328 valence electrons. The molecule has 1 aliphatic carbocycles. The number of cyclic esters (lactones) is 1. The Bertz CT molecular complexity index is 1530. The third-order valence-corrected chi connectivity index (χ3v) is 13.0. The summed E-state index contributed by atoms with van der Waals surface area (Å²) in [6.45, 7) is 10.4. The summed E-state index contributed by atoms with van der Waals surface area (Å²) in [5.74, 6) is -8.63. The predicted molar refractivity (Wildman–Crippen MR) is 213 cm³/mol. The zero-order chi connectivity index (χ0) is 43.1. The van der Waals surface area contributed by atoms with Gasteiger partial charge in [-0.15, -0.1) is 0 Å². The van der Waals surface area contributed by atoms with Gasteiger partial charge < -0.3 is 43.9 Å². The molecule has 2 saturated heterocycles. The minimum Gasteiger partial charge on any atom is -0.456 e. The lowest BCUT2D eigenvalue weighted by atomic mass is 9.81. The highest BCUT2D eigenvalue weighted by molar-refractivity contribution is 6.39. The second-order valence-electron chi connectivity index (χ2n) is 17.7. The van der Waals surface area contributed by atoms with Crippen molar-refractivity contribution in [1.82, 2.24) is 4.90 Å². The van der Waals surface area contributed by atoms with Crippen molar-refractivity contribution in [2.75, 3.05) is 27.9 Å². The number of Topliss-reactive ketones (excluding diaryl/α,β-unsaturated/α-hetero) is 3. The lowest BCUT2D eigenvalue weighted by Gasteiger charge is -2.47. The summed E-state index contributed by atoms with van der Waals surface area (Å²) in [5.41, 5.74) is 1.46. The first-order valence-corrected chi connectivity index (χ1v) is 21.1. The van der Waals surface area contributed by atoms with Crippen LogP contribution in [-0.4, -0.2) is 132 Å². The van der Waals surface area contributed by atoms with Gasteiger partial charge in [-0.25, -0.2) is 4.79 Å². The number of carbonyl (C=O) groups is 5. The Hall–Kier alpha value is -2.85. The number of amides is 1. The highest BCUT2D eigenvalue weighted by atomic mass is 16.7. The molecule has 3 heterocycles. The Kier molecular flexibility index (Phi) is 17.4. The Morgan fingerprint density at radius 2 is 1.55 bits per heavy atom. The molecule has 0 spiro atoms. The van der Waals surface area contributed by atoms with Crippen LogP contribution in [0.25, 0.3) is 0 Å². The number of allylic oxidation sites excluding steroid dienone is 3. The van der Waals surface area contributed by atoms with Crippen molar-refractivity contribution in [2.24, 2.45) is 29.6 Å². The molecule has 3 N–H and O–H groups in total. The molecule has 0 radical (unpaired) electrons. The van der Waals surface area contributed by atoms with Crippen LogP contribution >= 0.6 is 0 Å². The number of ketones is 3. The van der Waals surface area contributed by atoms with Crippen molar-refractivity contribution in [1.29, 1.82) is 0 Å². The lowest BCUT2D eigenvalue weighted by molar-refractivity contribution is -0.302. The Morgan fingerprint density at radius 3 is 2.19 bits per heavy atom. The van der Waals surface area contributed by atoms with Crippen molar-refractivity contribution >= 4 is 29.2 Å². The molecule has 4 aliphatic rings. The number of ether oxygens (including phenoxy) is 5. The molecular weight excluding hydrogens is 750 g/mol. The number of fused-ring (bicyclic) bond motifs is 3. The van der Waals surface area contributed by atoms with E-state index in [4.69, 9.17) is 23.7 Å². The van der Waals surface area contributed by atoms with Crippen molar-refractivity contribution in [3.8, 4) is 0 Å². The average molecular weight is 820 g/mol. The number of rotatable bonds is 7. The third kappa shape index (κ3) is 11.5. The van der Waals surface area contributed by atoms with Crippen LogP contribution in [0.15, 0.2) is 23.3 Å². The highest BCUT2D eigenvalue weighted by Gasteiger charge is 2.56. The van der Waals surface area contributed by atoms with Crippen LogP contribution < -0.4 is 0 Å². The van der Waals surface area contributed by atoms with Gasteiger partial charge in [-0.2, -0.15) is 0 Å². The van der Waals surface area contributed by atoms with Gasteiger partial charge in [0.25, 0.3) is 11.7 Å². The van der Waals surface area contributed by atoms with Crippen molar-refractivity contribution in [3.63, 3.8) is 0 Å². The van der Waals surface area contributed by atoms with E-state index in [-0.39, 0.29) is 61.7 Å². The topological polar surface area (TPSA) is 195 Å². The zero-order valence-corrected chi connectivity index (χ0v) is 36.0. The second-order valence-corrected chi connectivity index (χ2v) is 17.7. The maximum Gasteiger partial charge on any atom is 0.329 e. The summed E-state index contributed by atoms with van der Waals surface area (Å²) in [7, 11) is 4.55. The smallest absolute Gasteiger partial charge is 0.329 e. The van der Waals surface area contributed by atoms with E-state index in [1.165, 1.54) is 21.1 Å².